The van der Waals surface area contributed by atoms with Crippen molar-refractivity contribution in [2.45, 2.75) is 12.8 Å². The molecule has 3 N–H and O–H groups in total. The first kappa shape index (κ1) is 22.3. The van der Waals surface area contributed by atoms with Crippen molar-refractivity contribution in [3.8, 4) is 22.6 Å². The van der Waals surface area contributed by atoms with Crippen LogP contribution in [0.3, 0.4) is 0 Å². The summed E-state index contributed by atoms with van der Waals surface area (Å²) in [6.45, 7) is 0.537. The molecule has 0 aliphatic rings. The molecular formula is C27H26N2O4. The van der Waals surface area contributed by atoms with Crippen molar-refractivity contribution in [1.29, 1.82) is 0 Å². The van der Waals surface area contributed by atoms with E-state index in [1.54, 1.807) is 36.5 Å². The second-order valence-corrected chi connectivity index (χ2v) is 7.73. The Hall–Kier alpha value is -3.90. The molecule has 0 bridgehead atoms. The van der Waals surface area contributed by atoms with Crippen LogP contribution in [0.2, 0.25) is 0 Å². The van der Waals surface area contributed by atoms with Crippen molar-refractivity contribution in [3.63, 3.8) is 0 Å². The molecule has 0 fully saturated rings. The average Bonchev–Trinajstić information content (AvgIpc) is 2.85. The van der Waals surface area contributed by atoms with E-state index < -0.39 is 0 Å². The number of carbonyl (C=O) groups excluding carboxylic acids is 1. The van der Waals surface area contributed by atoms with Gasteiger partial charge in [-0.05, 0) is 65.9 Å². The average molecular weight is 443 g/mol. The van der Waals surface area contributed by atoms with Crippen LogP contribution in [0.25, 0.3) is 22.0 Å². The molecule has 6 heteroatoms. The number of benzene rings is 3. The number of fused-ring (bicyclic) bond motifs is 1. The Bertz CT molecular complexity index is 1240. The number of hydrogen-bond acceptors (Lipinski definition) is 5. The Morgan fingerprint density at radius 3 is 2.61 bits per heavy atom. The number of ether oxygens (including phenoxy) is 1. The summed E-state index contributed by atoms with van der Waals surface area (Å²) in [6.07, 6.45) is 3.34. The molecule has 1 amide bonds. The minimum atomic E-state index is -0.203. The normalized spacial score (nSPS) is 10.8. The number of nitrogens with one attached hydrogen (secondary N) is 1. The van der Waals surface area contributed by atoms with Gasteiger partial charge in [-0.25, -0.2) is 0 Å². The summed E-state index contributed by atoms with van der Waals surface area (Å²) in [7, 11) is 0. The molecule has 0 saturated carbocycles. The largest absolute Gasteiger partial charge is 0.506 e. The van der Waals surface area contributed by atoms with Crippen LogP contribution in [-0.4, -0.2) is 40.9 Å². The Kier molecular flexibility index (Phi) is 7.17. The molecule has 0 saturated heterocycles. The standard InChI is InChI=1S/C27H26N2O4/c30-12-13-33-24-16-21(22-14-20-9-5-10-28-26(20)25(31)18-22)15-23(17-24)27(32)29-11-4-8-19-6-2-1-3-7-19/h1-3,5-7,9-10,14-18,30-31H,4,8,11-13H2,(H,29,32). The molecule has 0 aliphatic heterocycles. The first-order valence-corrected chi connectivity index (χ1v) is 10.9. The first-order valence-electron chi connectivity index (χ1n) is 10.9. The number of pyridine rings is 1. The van der Waals surface area contributed by atoms with Gasteiger partial charge in [0.1, 0.15) is 23.6 Å². The predicted octanol–water partition coefficient (Wildman–Crippen LogP) is 4.34. The highest BCUT2D eigenvalue weighted by Gasteiger charge is 2.13. The molecule has 4 aromatic rings. The molecule has 33 heavy (non-hydrogen) atoms. The van der Waals surface area contributed by atoms with Crippen LogP contribution in [0.4, 0.5) is 0 Å². The van der Waals surface area contributed by atoms with Gasteiger partial charge >= 0.3 is 0 Å². The van der Waals surface area contributed by atoms with Crippen LogP contribution in [0.15, 0.2) is 79.0 Å². The molecular weight excluding hydrogens is 416 g/mol. The van der Waals surface area contributed by atoms with Crippen LogP contribution >= 0.6 is 0 Å². The van der Waals surface area contributed by atoms with Crippen molar-refractivity contribution in [2.24, 2.45) is 0 Å². The monoisotopic (exact) mass is 442 g/mol. The Morgan fingerprint density at radius 2 is 1.79 bits per heavy atom. The van der Waals surface area contributed by atoms with E-state index in [9.17, 15) is 9.90 Å². The molecule has 3 aromatic carbocycles. The van der Waals surface area contributed by atoms with Gasteiger partial charge < -0.3 is 20.3 Å². The molecule has 0 radical (unpaired) electrons. The molecule has 1 heterocycles. The number of aromatic hydroxyl groups is 1. The number of hydrogen-bond donors (Lipinski definition) is 3. The van der Waals surface area contributed by atoms with E-state index in [1.807, 2.05) is 30.3 Å². The van der Waals surface area contributed by atoms with E-state index in [2.05, 4.69) is 22.4 Å². The summed E-state index contributed by atoms with van der Waals surface area (Å²) in [5, 5.41) is 23.3. The number of aliphatic hydroxyl groups excluding tert-OH is 1. The highest BCUT2D eigenvalue weighted by Crippen LogP contribution is 2.33. The second-order valence-electron chi connectivity index (χ2n) is 7.73. The highest BCUT2D eigenvalue weighted by atomic mass is 16.5. The van der Waals surface area contributed by atoms with Crippen molar-refractivity contribution in [2.75, 3.05) is 19.8 Å². The molecule has 1 aromatic heterocycles. The van der Waals surface area contributed by atoms with E-state index in [1.165, 1.54) is 5.56 Å². The van der Waals surface area contributed by atoms with E-state index in [-0.39, 0.29) is 24.9 Å². The van der Waals surface area contributed by atoms with Crippen molar-refractivity contribution in [1.82, 2.24) is 10.3 Å². The van der Waals surface area contributed by atoms with Crippen molar-refractivity contribution < 1.29 is 19.7 Å². The van der Waals surface area contributed by atoms with Gasteiger partial charge in [0.25, 0.3) is 5.91 Å². The SMILES string of the molecule is O=C(NCCCc1ccccc1)c1cc(OCCO)cc(-c2cc(O)c3ncccc3c2)c1. The van der Waals surface area contributed by atoms with Gasteiger partial charge in [0.15, 0.2) is 0 Å². The molecule has 4 rings (SSSR count). The van der Waals surface area contributed by atoms with E-state index >= 15 is 0 Å². The number of rotatable bonds is 9. The number of aliphatic hydroxyl groups is 1. The Morgan fingerprint density at radius 1 is 0.970 bits per heavy atom. The third-order valence-corrected chi connectivity index (χ3v) is 5.32. The molecule has 0 spiro atoms. The summed E-state index contributed by atoms with van der Waals surface area (Å²) in [5.41, 5.74) is 3.66. The van der Waals surface area contributed by atoms with E-state index in [4.69, 9.17) is 9.84 Å². The fraction of sp³-hybridized carbons (Fsp3) is 0.185. The maximum Gasteiger partial charge on any atom is 0.251 e. The number of nitrogens with zero attached hydrogens (tertiary/aromatic N) is 1. The van der Waals surface area contributed by atoms with Crippen molar-refractivity contribution in [3.05, 3.63) is 90.1 Å². The number of aromatic nitrogens is 1. The summed E-state index contributed by atoms with van der Waals surface area (Å²) in [4.78, 5) is 17.1. The summed E-state index contributed by atoms with van der Waals surface area (Å²) in [5.74, 6) is 0.337. The van der Waals surface area contributed by atoms with Crippen molar-refractivity contribution >= 4 is 16.8 Å². The quantitative estimate of drug-likeness (QED) is 0.336. The van der Waals surface area contributed by atoms with Gasteiger partial charge in [-0.15, -0.1) is 0 Å². The lowest BCUT2D eigenvalue weighted by Crippen LogP contribution is -2.24. The Balaban J connectivity index is 1.55. The smallest absolute Gasteiger partial charge is 0.251 e. The molecule has 0 atom stereocenters. The van der Waals surface area contributed by atoms with Crippen LogP contribution in [0.5, 0.6) is 11.5 Å². The number of amides is 1. The molecule has 6 nitrogen and oxygen atoms in total. The van der Waals surface area contributed by atoms with Gasteiger partial charge in [-0.1, -0.05) is 36.4 Å². The zero-order valence-corrected chi connectivity index (χ0v) is 18.2. The minimum absolute atomic E-state index is 0.0664. The third kappa shape index (κ3) is 5.67. The fourth-order valence-electron chi connectivity index (χ4n) is 3.72. The number of phenolic OH excluding ortho intramolecular Hbond substituents is 1. The lowest BCUT2D eigenvalue weighted by Gasteiger charge is -2.12. The number of phenols is 1. The maximum atomic E-state index is 12.9. The van der Waals surface area contributed by atoms with Gasteiger partial charge in [0, 0.05) is 23.7 Å². The minimum Gasteiger partial charge on any atom is -0.506 e. The highest BCUT2D eigenvalue weighted by molar-refractivity contribution is 5.97. The van der Waals surface area contributed by atoms with Crippen LogP contribution in [0.1, 0.15) is 22.3 Å². The van der Waals surface area contributed by atoms with Crippen LogP contribution < -0.4 is 10.1 Å². The first-order chi connectivity index (χ1) is 16.1. The molecule has 168 valence electrons. The van der Waals surface area contributed by atoms with E-state index in [0.29, 0.717) is 23.4 Å². The zero-order chi connectivity index (χ0) is 23.0. The number of carbonyl (C=O) groups is 1. The number of aryl methyl sites for hydroxylation is 1. The second kappa shape index (κ2) is 10.6. The van der Waals surface area contributed by atoms with Gasteiger partial charge in [-0.2, -0.15) is 0 Å². The molecule has 0 aliphatic carbocycles. The van der Waals surface area contributed by atoms with E-state index in [0.717, 1.165) is 29.4 Å². The summed E-state index contributed by atoms with van der Waals surface area (Å²) >= 11 is 0. The lowest BCUT2D eigenvalue weighted by molar-refractivity contribution is 0.0952. The van der Waals surface area contributed by atoms with Gasteiger partial charge in [-0.3, -0.25) is 9.78 Å². The summed E-state index contributed by atoms with van der Waals surface area (Å²) < 4.78 is 5.60. The topological polar surface area (TPSA) is 91.7 Å². The predicted molar refractivity (Wildman–Crippen MR) is 129 cm³/mol. The summed E-state index contributed by atoms with van der Waals surface area (Å²) in [6, 6.07) is 22.6. The van der Waals surface area contributed by atoms with Crippen LogP contribution in [0, 0.1) is 0 Å². The van der Waals surface area contributed by atoms with Gasteiger partial charge in [0.05, 0.1) is 6.61 Å². The van der Waals surface area contributed by atoms with Gasteiger partial charge in [0.2, 0.25) is 0 Å². The third-order valence-electron chi connectivity index (χ3n) is 5.32. The fourth-order valence-corrected chi connectivity index (χ4v) is 3.72. The Labute approximate surface area is 192 Å². The maximum absolute atomic E-state index is 12.9. The molecule has 0 unspecified atom stereocenters. The zero-order valence-electron chi connectivity index (χ0n) is 18.2. The van der Waals surface area contributed by atoms with Crippen LogP contribution in [-0.2, 0) is 6.42 Å². The lowest BCUT2D eigenvalue weighted by atomic mass is 9.99.